The van der Waals surface area contributed by atoms with E-state index in [1.807, 2.05) is 37.6 Å². The SMILES string of the molecule is CCNC(=NCc1c(C)nn(C)c1C)NCc1csc(N(C)C)n1. The summed E-state index contributed by atoms with van der Waals surface area (Å²) in [4.78, 5) is 11.3. The first kappa shape index (κ1) is 18.3. The molecule has 0 aliphatic carbocycles. The van der Waals surface area contributed by atoms with Gasteiger partial charge in [-0.1, -0.05) is 0 Å². The molecule has 0 unspecified atom stereocenters. The fourth-order valence-electron chi connectivity index (χ4n) is 2.30. The van der Waals surface area contributed by atoms with Gasteiger partial charge in [-0.15, -0.1) is 11.3 Å². The maximum absolute atomic E-state index is 4.68. The van der Waals surface area contributed by atoms with Crippen molar-refractivity contribution in [2.45, 2.75) is 33.9 Å². The van der Waals surface area contributed by atoms with Crippen molar-refractivity contribution in [1.82, 2.24) is 25.4 Å². The van der Waals surface area contributed by atoms with Crippen LogP contribution in [-0.2, 0) is 20.1 Å². The summed E-state index contributed by atoms with van der Waals surface area (Å²) in [5.74, 6) is 0.791. The summed E-state index contributed by atoms with van der Waals surface area (Å²) < 4.78 is 1.90. The second kappa shape index (κ2) is 8.14. The van der Waals surface area contributed by atoms with Gasteiger partial charge >= 0.3 is 0 Å². The first-order valence-corrected chi connectivity index (χ1v) is 8.93. The first-order valence-electron chi connectivity index (χ1n) is 8.05. The van der Waals surface area contributed by atoms with Gasteiger partial charge in [0.25, 0.3) is 0 Å². The van der Waals surface area contributed by atoms with Crippen molar-refractivity contribution in [3.05, 3.63) is 28.0 Å². The maximum Gasteiger partial charge on any atom is 0.191 e. The second-order valence-electron chi connectivity index (χ2n) is 5.84. The molecule has 0 radical (unpaired) electrons. The average molecular weight is 350 g/mol. The molecule has 0 aliphatic rings. The van der Waals surface area contributed by atoms with E-state index in [0.29, 0.717) is 13.1 Å². The van der Waals surface area contributed by atoms with Crippen molar-refractivity contribution < 1.29 is 0 Å². The quantitative estimate of drug-likeness (QED) is 0.615. The van der Waals surface area contributed by atoms with Crippen molar-refractivity contribution in [1.29, 1.82) is 0 Å². The summed E-state index contributed by atoms with van der Waals surface area (Å²) in [6, 6.07) is 0. The molecule has 0 atom stereocenters. The van der Waals surface area contributed by atoms with Crippen LogP contribution < -0.4 is 15.5 Å². The summed E-state index contributed by atoms with van der Waals surface area (Å²) in [6.45, 7) is 8.24. The van der Waals surface area contributed by atoms with E-state index in [4.69, 9.17) is 0 Å². The lowest BCUT2D eigenvalue weighted by Gasteiger charge is -2.10. The fraction of sp³-hybridized carbons (Fsp3) is 0.562. The Balaban J connectivity index is 2.02. The molecule has 2 aromatic rings. The molecular weight excluding hydrogens is 322 g/mol. The average Bonchev–Trinajstić information content (AvgIpc) is 3.09. The van der Waals surface area contributed by atoms with Crippen molar-refractivity contribution >= 4 is 22.4 Å². The third-order valence-corrected chi connectivity index (χ3v) is 4.81. The zero-order chi connectivity index (χ0) is 17.7. The third kappa shape index (κ3) is 4.47. The first-order chi connectivity index (χ1) is 11.4. The maximum atomic E-state index is 4.68. The van der Waals surface area contributed by atoms with Crippen LogP contribution in [0.1, 0.15) is 29.6 Å². The highest BCUT2D eigenvalue weighted by molar-refractivity contribution is 7.13. The van der Waals surface area contributed by atoms with Gasteiger partial charge in [0.15, 0.2) is 11.1 Å². The Bertz CT molecular complexity index is 699. The van der Waals surface area contributed by atoms with Crippen LogP contribution in [0.25, 0.3) is 0 Å². The van der Waals surface area contributed by atoms with Gasteiger partial charge in [0, 0.05) is 44.3 Å². The fourth-order valence-corrected chi connectivity index (χ4v) is 3.06. The molecule has 0 aromatic carbocycles. The molecule has 7 nitrogen and oxygen atoms in total. The summed E-state index contributed by atoms with van der Waals surface area (Å²) in [6.07, 6.45) is 0. The summed E-state index contributed by atoms with van der Waals surface area (Å²) in [5.41, 5.74) is 4.38. The lowest BCUT2D eigenvalue weighted by atomic mass is 10.2. The molecule has 0 spiro atoms. The predicted octanol–water partition coefficient (Wildman–Crippen LogP) is 1.81. The number of aryl methyl sites for hydroxylation is 2. The van der Waals surface area contributed by atoms with E-state index in [2.05, 4.69) is 44.9 Å². The predicted molar refractivity (Wildman–Crippen MR) is 101 cm³/mol. The molecule has 0 aliphatic heterocycles. The minimum atomic E-state index is 0.612. The molecule has 0 fully saturated rings. The van der Waals surface area contributed by atoms with Crippen LogP contribution in [0.3, 0.4) is 0 Å². The molecule has 0 saturated carbocycles. The minimum Gasteiger partial charge on any atom is -0.357 e. The van der Waals surface area contributed by atoms with E-state index in [1.165, 1.54) is 5.56 Å². The molecule has 0 amide bonds. The number of aromatic nitrogens is 3. The summed E-state index contributed by atoms with van der Waals surface area (Å²) in [7, 11) is 5.96. The van der Waals surface area contributed by atoms with Gasteiger partial charge in [0.2, 0.25) is 0 Å². The van der Waals surface area contributed by atoms with Crippen LogP contribution >= 0.6 is 11.3 Å². The second-order valence-corrected chi connectivity index (χ2v) is 6.67. The van der Waals surface area contributed by atoms with Gasteiger partial charge in [-0.25, -0.2) is 9.98 Å². The smallest absolute Gasteiger partial charge is 0.191 e. The highest BCUT2D eigenvalue weighted by Crippen LogP contribution is 2.17. The van der Waals surface area contributed by atoms with Gasteiger partial charge in [0.05, 0.1) is 24.5 Å². The van der Waals surface area contributed by atoms with Gasteiger partial charge in [0.1, 0.15) is 0 Å². The molecule has 132 valence electrons. The number of hydrogen-bond donors (Lipinski definition) is 2. The van der Waals surface area contributed by atoms with E-state index in [-0.39, 0.29) is 0 Å². The van der Waals surface area contributed by atoms with Gasteiger partial charge < -0.3 is 15.5 Å². The van der Waals surface area contributed by atoms with E-state index in [9.17, 15) is 0 Å². The molecule has 0 bridgehead atoms. The minimum absolute atomic E-state index is 0.612. The van der Waals surface area contributed by atoms with E-state index >= 15 is 0 Å². The lowest BCUT2D eigenvalue weighted by Crippen LogP contribution is -2.36. The molecule has 0 saturated heterocycles. The Morgan fingerprint density at radius 3 is 2.62 bits per heavy atom. The van der Waals surface area contributed by atoms with Crippen LogP contribution in [0.4, 0.5) is 5.13 Å². The Kier molecular flexibility index (Phi) is 6.19. The molecule has 2 N–H and O–H groups in total. The van der Waals surface area contributed by atoms with Crippen molar-refractivity contribution in [3.8, 4) is 0 Å². The van der Waals surface area contributed by atoms with E-state index in [1.54, 1.807) is 11.3 Å². The molecule has 8 heteroatoms. The molecule has 2 heterocycles. The highest BCUT2D eigenvalue weighted by atomic mass is 32.1. The van der Waals surface area contributed by atoms with Crippen LogP contribution in [0.2, 0.25) is 0 Å². The number of aliphatic imine (C=N–C) groups is 1. The van der Waals surface area contributed by atoms with Crippen LogP contribution in [-0.4, -0.2) is 41.4 Å². The highest BCUT2D eigenvalue weighted by Gasteiger charge is 2.09. The number of guanidine groups is 1. The van der Waals surface area contributed by atoms with Crippen molar-refractivity contribution in [2.24, 2.45) is 12.0 Å². The normalized spacial score (nSPS) is 11.7. The van der Waals surface area contributed by atoms with Gasteiger partial charge in [-0.05, 0) is 20.8 Å². The Labute approximate surface area is 147 Å². The number of hydrogen-bond acceptors (Lipinski definition) is 5. The number of thiazole rings is 1. The number of nitrogens with zero attached hydrogens (tertiary/aromatic N) is 5. The molecule has 2 rings (SSSR count). The van der Waals surface area contributed by atoms with Gasteiger partial charge in [-0.3, -0.25) is 4.68 Å². The lowest BCUT2D eigenvalue weighted by molar-refractivity contribution is 0.730. The summed E-state index contributed by atoms with van der Waals surface area (Å²) >= 11 is 1.64. The standard InChI is InChI=1S/C16H27N7S/c1-7-17-15(18-8-13-10-24-16(20-13)22(4)5)19-9-14-11(2)21-23(6)12(14)3/h10H,7-9H2,1-6H3,(H2,17,18,19). The van der Waals surface area contributed by atoms with Crippen LogP contribution in [0.5, 0.6) is 0 Å². The molecule has 2 aromatic heterocycles. The third-order valence-electron chi connectivity index (χ3n) is 3.76. The van der Waals surface area contributed by atoms with Crippen LogP contribution in [0.15, 0.2) is 10.4 Å². The Morgan fingerprint density at radius 2 is 2.08 bits per heavy atom. The topological polar surface area (TPSA) is 70.4 Å². The zero-order valence-corrected chi connectivity index (χ0v) is 16.2. The number of rotatable bonds is 6. The monoisotopic (exact) mass is 349 g/mol. The van der Waals surface area contributed by atoms with Crippen molar-refractivity contribution in [2.75, 3.05) is 25.5 Å². The summed E-state index contributed by atoms with van der Waals surface area (Å²) in [5, 5.41) is 14.1. The zero-order valence-electron chi connectivity index (χ0n) is 15.3. The van der Waals surface area contributed by atoms with Crippen molar-refractivity contribution in [3.63, 3.8) is 0 Å². The number of anilines is 1. The molecular formula is C16H27N7S. The van der Waals surface area contributed by atoms with Gasteiger partial charge in [-0.2, -0.15) is 5.10 Å². The Hall–Kier alpha value is -2.09. The van der Waals surface area contributed by atoms with E-state index in [0.717, 1.165) is 34.7 Å². The number of nitrogens with one attached hydrogen (secondary N) is 2. The van der Waals surface area contributed by atoms with E-state index < -0.39 is 0 Å². The van der Waals surface area contributed by atoms with Crippen LogP contribution in [0, 0.1) is 13.8 Å². The largest absolute Gasteiger partial charge is 0.357 e. The molecule has 24 heavy (non-hydrogen) atoms. The Morgan fingerprint density at radius 1 is 1.33 bits per heavy atom.